The number of hydrogen-bond donors (Lipinski definition) is 1. The van der Waals surface area contributed by atoms with Crippen LogP contribution in [0.25, 0.3) is 10.9 Å². The maximum Gasteiger partial charge on any atom is 0.331 e. The van der Waals surface area contributed by atoms with Gasteiger partial charge in [0.05, 0.1) is 0 Å². The summed E-state index contributed by atoms with van der Waals surface area (Å²) in [7, 11) is 1.95. The minimum atomic E-state index is -0.937. The Morgan fingerprint density at radius 3 is 2.81 bits per heavy atom. The van der Waals surface area contributed by atoms with Crippen molar-refractivity contribution in [3.63, 3.8) is 0 Å². The van der Waals surface area contributed by atoms with E-state index in [0.717, 1.165) is 16.5 Å². The number of aromatic nitrogens is 1. The molecule has 0 saturated heterocycles. The molecule has 0 bridgehead atoms. The standard InChI is InChI=1S/C13H13NO2/c1-9(13(15)16)7-10-8-14(2)12-6-4-3-5-11(10)12/h3-6,8H,1,7H2,2H3,(H,15,16). The molecule has 0 fully saturated rings. The molecule has 0 spiro atoms. The zero-order chi connectivity index (χ0) is 11.7. The van der Waals surface area contributed by atoms with Gasteiger partial charge in [-0.2, -0.15) is 0 Å². The highest BCUT2D eigenvalue weighted by atomic mass is 16.4. The van der Waals surface area contributed by atoms with Gasteiger partial charge in [0.15, 0.2) is 0 Å². The SMILES string of the molecule is C=C(Cc1cn(C)c2ccccc12)C(=O)O. The van der Waals surface area contributed by atoms with Crippen LogP contribution in [0.5, 0.6) is 0 Å². The van der Waals surface area contributed by atoms with Crippen molar-refractivity contribution in [2.45, 2.75) is 6.42 Å². The van der Waals surface area contributed by atoms with Crippen LogP contribution in [0.3, 0.4) is 0 Å². The van der Waals surface area contributed by atoms with Gasteiger partial charge in [0.2, 0.25) is 0 Å². The normalized spacial score (nSPS) is 10.6. The van der Waals surface area contributed by atoms with E-state index in [1.165, 1.54) is 0 Å². The lowest BCUT2D eigenvalue weighted by atomic mass is 10.1. The number of nitrogens with zero attached hydrogens (tertiary/aromatic N) is 1. The second kappa shape index (κ2) is 3.85. The number of benzene rings is 1. The number of rotatable bonds is 3. The van der Waals surface area contributed by atoms with Crippen LogP contribution in [-0.2, 0) is 18.3 Å². The molecule has 0 amide bonds. The summed E-state index contributed by atoms with van der Waals surface area (Å²) >= 11 is 0. The van der Waals surface area contributed by atoms with Crippen LogP contribution < -0.4 is 0 Å². The lowest BCUT2D eigenvalue weighted by molar-refractivity contribution is -0.132. The lowest BCUT2D eigenvalue weighted by Crippen LogP contribution is -2.01. The Hall–Kier alpha value is -2.03. The number of fused-ring (bicyclic) bond motifs is 1. The average molecular weight is 215 g/mol. The Balaban J connectivity index is 2.46. The molecule has 0 radical (unpaired) electrons. The Morgan fingerprint density at radius 2 is 2.12 bits per heavy atom. The smallest absolute Gasteiger partial charge is 0.331 e. The molecule has 0 aliphatic carbocycles. The van der Waals surface area contributed by atoms with E-state index in [4.69, 9.17) is 5.11 Å². The summed E-state index contributed by atoms with van der Waals surface area (Å²) in [6.45, 7) is 3.56. The third-order valence-electron chi connectivity index (χ3n) is 2.69. The van der Waals surface area contributed by atoms with Crippen LogP contribution >= 0.6 is 0 Å². The predicted octanol–water partition coefficient (Wildman–Crippen LogP) is 2.36. The summed E-state index contributed by atoms with van der Waals surface area (Å²) in [6.07, 6.45) is 2.34. The maximum absolute atomic E-state index is 10.7. The van der Waals surface area contributed by atoms with E-state index in [1.807, 2.05) is 42.1 Å². The number of carboxylic acids is 1. The highest BCUT2D eigenvalue weighted by molar-refractivity contribution is 5.89. The molecule has 16 heavy (non-hydrogen) atoms. The lowest BCUT2D eigenvalue weighted by Gasteiger charge is -1.98. The minimum absolute atomic E-state index is 0.219. The summed E-state index contributed by atoms with van der Waals surface area (Å²) in [5.41, 5.74) is 2.33. The quantitative estimate of drug-likeness (QED) is 0.798. The number of carbonyl (C=O) groups is 1. The summed E-state index contributed by atoms with van der Waals surface area (Å²) < 4.78 is 2.00. The van der Waals surface area contributed by atoms with Crippen LogP contribution in [0.15, 0.2) is 42.6 Å². The first-order valence-electron chi connectivity index (χ1n) is 5.03. The van der Waals surface area contributed by atoms with E-state index < -0.39 is 5.97 Å². The molecule has 0 atom stereocenters. The van der Waals surface area contributed by atoms with Gasteiger partial charge in [-0.05, 0) is 11.6 Å². The number of carboxylic acid groups (broad SMARTS) is 1. The summed E-state index contributed by atoms with van der Waals surface area (Å²) in [5.74, 6) is -0.937. The largest absolute Gasteiger partial charge is 0.478 e. The van der Waals surface area contributed by atoms with E-state index in [9.17, 15) is 4.79 Å². The van der Waals surface area contributed by atoms with Crippen molar-refractivity contribution in [2.24, 2.45) is 7.05 Å². The fourth-order valence-corrected chi connectivity index (χ4v) is 1.87. The van der Waals surface area contributed by atoms with E-state index in [-0.39, 0.29) is 5.57 Å². The minimum Gasteiger partial charge on any atom is -0.478 e. The highest BCUT2D eigenvalue weighted by Gasteiger charge is 2.10. The second-order valence-corrected chi connectivity index (χ2v) is 3.87. The average Bonchev–Trinajstić information content (AvgIpc) is 2.57. The molecule has 2 rings (SSSR count). The molecule has 1 aromatic carbocycles. The van der Waals surface area contributed by atoms with E-state index in [2.05, 4.69) is 6.58 Å². The van der Waals surface area contributed by atoms with Gasteiger partial charge in [-0.1, -0.05) is 24.8 Å². The van der Waals surface area contributed by atoms with E-state index >= 15 is 0 Å². The number of hydrogen-bond acceptors (Lipinski definition) is 1. The molecule has 1 aromatic heterocycles. The van der Waals surface area contributed by atoms with Crippen LogP contribution in [-0.4, -0.2) is 15.6 Å². The van der Waals surface area contributed by atoms with Crippen molar-refractivity contribution >= 4 is 16.9 Å². The van der Waals surface area contributed by atoms with Gasteiger partial charge in [0, 0.05) is 36.1 Å². The molecule has 1 heterocycles. The Labute approximate surface area is 93.6 Å². The topological polar surface area (TPSA) is 42.2 Å². The van der Waals surface area contributed by atoms with E-state index in [1.54, 1.807) is 0 Å². The molecule has 3 nitrogen and oxygen atoms in total. The van der Waals surface area contributed by atoms with Crippen molar-refractivity contribution in [3.05, 3.63) is 48.2 Å². The van der Waals surface area contributed by atoms with Crippen molar-refractivity contribution in [3.8, 4) is 0 Å². The second-order valence-electron chi connectivity index (χ2n) is 3.87. The van der Waals surface area contributed by atoms with Crippen molar-refractivity contribution in [1.29, 1.82) is 0 Å². The van der Waals surface area contributed by atoms with Gasteiger partial charge in [0.1, 0.15) is 0 Å². The third kappa shape index (κ3) is 1.72. The van der Waals surface area contributed by atoms with Gasteiger partial charge in [-0.15, -0.1) is 0 Å². The van der Waals surface area contributed by atoms with Crippen LogP contribution in [0.1, 0.15) is 5.56 Å². The van der Waals surface area contributed by atoms with Gasteiger partial charge in [-0.25, -0.2) is 4.79 Å². The van der Waals surface area contributed by atoms with Crippen LogP contribution in [0, 0.1) is 0 Å². The maximum atomic E-state index is 10.7. The monoisotopic (exact) mass is 215 g/mol. The molecule has 0 aliphatic heterocycles. The fraction of sp³-hybridized carbons (Fsp3) is 0.154. The molecule has 1 N–H and O–H groups in total. The third-order valence-corrected chi connectivity index (χ3v) is 2.69. The number of aryl methyl sites for hydroxylation is 1. The summed E-state index contributed by atoms with van der Waals surface area (Å²) in [4.78, 5) is 10.7. The van der Waals surface area contributed by atoms with Crippen molar-refractivity contribution in [2.75, 3.05) is 0 Å². The zero-order valence-electron chi connectivity index (χ0n) is 9.10. The molecule has 0 unspecified atom stereocenters. The molecular formula is C13H13NO2. The van der Waals surface area contributed by atoms with Crippen LogP contribution in [0.2, 0.25) is 0 Å². The van der Waals surface area contributed by atoms with Gasteiger partial charge < -0.3 is 9.67 Å². The van der Waals surface area contributed by atoms with Gasteiger partial charge >= 0.3 is 5.97 Å². The predicted molar refractivity (Wildman–Crippen MR) is 63.4 cm³/mol. The Morgan fingerprint density at radius 1 is 1.44 bits per heavy atom. The molecule has 0 saturated carbocycles. The zero-order valence-corrected chi connectivity index (χ0v) is 9.10. The summed E-state index contributed by atoms with van der Waals surface area (Å²) in [6, 6.07) is 7.94. The molecule has 3 heteroatoms. The Kier molecular flexibility index (Phi) is 2.52. The summed E-state index contributed by atoms with van der Waals surface area (Å²) in [5, 5.41) is 9.91. The molecule has 82 valence electrons. The fourth-order valence-electron chi connectivity index (χ4n) is 1.87. The molecule has 0 aliphatic rings. The highest BCUT2D eigenvalue weighted by Crippen LogP contribution is 2.22. The Bertz CT molecular complexity index is 566. The first-order chi connectivity index (χ1) is 7.59. The van der Waals surface area contributed by atoms with Crippen molar-refractivity contribution < 1.29 is 9.90 Å². The van der Waals surface area contributed by atoms with Crippen molar-refractivity contribution in [1.82, 2.24) is 4.57 Å². The van der Waals surface area contributed by atoms with E-state index in [0.29, 0.717) is 6.42 Å². The number of aliphatic carboxylic acids is 1. The van der Waals surface area contributed by atoms with Gasteiger partial charge in [0.25, 0.3) is 0 Å². The molecular weight excluding hydrogens is 202 g/mol. The van der Waals surface area contributed by atoms with Gasteiger partial charge in [-0.3, -0.25) is 0 Å². The van der Waals surface area contributed by atoms with Crippen LogP contribution in [0.4, 0.5) is 0 Å². The first-order valence-corrected chi connectivity index (χ1v) is 5.03. The molecule has 2 aromatic rings. The first kappa shape index (κ1) is 10.5. The number of para-hydroxylation sites is 1.